The summed E-state index contributed by atoms with van der Waals surface area (Å²) in [7, 11) is 4.52. The Morgan fingerprint density at radius 2 is 1.97 bits per heavy atom. The van der Waals surface area contributed by atoms with E-state index in [9.17, 15) is 9.59 Å². The first-order chi connectivity index (χ1) is 16.0. The number of rotatable bonds is 8. The van der Waals surface area contributed by atoms with Crippen LogP contribution >= 0.6 is 0 Å². The van der Waals surface area contributed by atoms with Crippen molar-refractivity contribution in [1.82, 2.24) is 15.1 Å². The number of hydrogen-bond acceptors (Lipinski definition) is 6. The number of aromatic amines is 1. The van der Waals surface area contributed by atoms with Gasteiger partial charge in [-0.25, -0.2) is 4.79 Å². The van der Waals surface area contributed by atoms with Gasteiger partial charge in [-0.2, -0.15) is 5.10 Å². The van der Waals surface area contributed by atoms with Crippen LogP contribution in [0.2, 0.25) is 0 Å². The number of benzene rings is 2. The second-order valence-electron chi connectivity index (χ2n) is 7.57. The smallest absolute Gasteiger partial charge is 0.325 e. The van der Waals surface area contributed by atoms with E-state index in [1.54, 1.807) is 36.4 Å². The maximum absolute atomic E-state index is 13.5. The predicted octanol–water partition coefficient (Wildman–Crippen LogP) is 3.64. The summed E-state index contributed by atoms with van der Waals surface area (Å²) in [6, 6.07) is 12.4. The first-order valence-corrected chi connectivity index (χ1v) is 10.5. The number of carbonyl (C=O) groups excluding carboxylic acids is 2. The Morgan fingerprint density at radius 1 is 1.12 bits per heavy atom. The number of carbonyl (C=O) groups is 2. The Morgan fingerprint density at radius 3 is 2.67 bits per heavy atom. The lowest BCUT2D eigenvalue weighted by atomic mass is 10.0. The second kappa shape index (κ2) is 9.64. The average Bonchev–Trinajstić information content (AvgIpc) is 3.52. The highest BCUT2D eigenvalue weighted by molar-refractivity contribution is 5.95. The van der Waals surface area contributed by atoms with Crippen LogP contribution in [-0.2, 0) is 9.53 Å². The highest BCUT2D eigenvalue weighted by Gasteiger charge is 2.37. The molecule has 0 spiro atoms. The van der Waals surface area contributed by atoms with Crippen LogP contribution in [0.3, 0.4) is 0 Å². The summed E-state index contributed by atoms with van der Waals surface area (Å²) in [6.45, 7) is 0.943. The Labute approximate surface area is 191 Å². The third-order valence-corrected chi connectivity index (χ3v) is 5.79. The molecule has 2 amide bonds. The molecule has 4 rings (SSSR count). The Balaban J connectivity index is 1.62. The van der Waals surface area contributed by atoms with Gasteiger partial charge in [0.25, 0.3) is 0 Å². The molecular formula is C24H26N4O5. The van der Waals surface area contributed by atoms with Crippen molar-refractivity contribution < 1.29 is 23.8 Å². The molecule has 0 aliphatic carbocycles. The van der Waals surface area contributed by atoms with Crippen molar-refractivity contribution in [2.24, 2.45) is 0 Å². The first kappa shape index (κ1) is 22.2. The maximum Gasteiger partial charge on any atom is 0.325 e. The van der Waals surface area contributed by atoms with Crippen LogP contribution in [-0.4, -0.2) is 61.5 Å². The Hall–Kier alpha value is -4.01. The van der Waals surface area contributed by atoms with E-state index in [-0.39, 0.29) is 18.4 Å². The number of amides is 2. The normalized spacial score (nSPS) is 14.3. The zero-order valence-electron chi connectivity index (χ0n) is 18.8. The fourth-order valence-corrected chi connectivity index (χ4v) is 4.07. The van der Waals surface area contributed by atoms with Crippen LogP contribution < -0.4 is 14.4 Å². The number of H-pyrrole nitrogens is 1. The number of esters is 1. The van der Waals surface area contributed by atoms with Crippen molar-refractivity contribution in [3.05, 3.63) is 60.4 Å². The first-order valence-electron chi connectivity index (χ1n) is 10.5. The Bertz CT molecular complexity index is 1130. The topological polar surface area (TPSA) is 97.0 Å². The number of methoxy groups -OCH3 is 3. The number of anilines is 1. The molecule has 172 valence electrons. The minimum atomic E-state index is -0.475. The van der Waals surface area contributed by atoms with E-state index in [0.717, 1.165) is 16.7 Å². The van der Waals surface area contributed by atoms with Gasteiger partial charge in [-0.05, 0) is 29.8 Å². The summed E-state index contributed by atoms with van der Waals surface area (Å²) in [5.41, 5.74) is 3.29. The number of ether oxygens (including phenoxy) is 3. The molecule has 1 fully saturated rings. The molecule has 33 heavy (non-hydrogen) atoms. The molecule has 1 N–H and O–H groups in total. The van der Waals surface area contributed by atoms with Crippen LogP contribution in [0.5, 0.6) is 11.5 Å². The molecule has 2 heterocycles. The van der Waals surface area contributed by atoms with Gasteiger partial charge in [0.2, 0.25) is 0 Å². The number of nitrogens with zero attached hydrogens (tertiary/aromatic N) is 3. The molecule has 1 atom stereocenters. The highest BCUT2D eigenvalue weighted by Crippen LogP contribution is 2.36. The van der Waals surface area contributed by atoms with Crippen LogP contribution in [0, 0.1) is 0 Å². The summed E-state index contributed by atoms with van der Waals surface area (Å²) in [6.07, 6.45) is 3.55. The van der Waals surface area contributed by atoms with Crippen molar-refractivity contribution >= 4 is 17.7 Å². The van der Waals surface area contributed by atoms with E-state index < -0.39 is 6.04 Å². The van der Waals surface area contributed by atoms with Gasteiger partial charge in [-0.15, -0.1) is 0 Å². The standard InChI is InChI=1S/C24H26N4O5/c1-31-19-6-4-5-16(11-19)21(13-23(29)33-3)28-10-9-27(24(28)30)18-7-8-20(22(12-18)32-2)17-14-25-26-15-17/h4-8,11-12,14-15,21H,9-10,13H2,1-3H3,(H,25,26). The quantitative estimate of drug-likeness (QED) is 0.527. The summed E-state index contributed by atoms with van der Waals surface area (Å²) in [5, 5.41) is 6.78. The van der Waals surface area contributed by atoms with Crippen molar-refractivity contribution in [1.29, 1.82) is 0 Å². The molecule has 1 aliphatic heterocycles. The lowest BCUT2D eigenvalue weighted by Gasteiger charge is -2.28. The van der Waals surface area contributed by atoms with Gasteiger partial charge in [-0.1, -0.05) is 12.1 Å². The van der Waals surface area contributed by atoms with Crippen LogP contribution in [0.1, 0.15) is 18.0 Å². The lowest BCUT2D eigenvalue weighted by molar-refractivity contribution is -0.141. The average molecular weight is 450 g/mol. The monoisotopic (exact) mass is 450 g/mol. The minimum Gasteiger partial charge on any atom is -0.497 e. The number of aromatic nitrogens is 2. The van der Waals surface area contributed by atoms with Gasteiger partial charge < -0.3 is 19.1 Å². The largest absolute Gasteiger partial charge is 0.497 e. The second-order valence-corrected chi connectivity index (χ2v) is 7.57. The van der Waals surface area contributed by atoms with E-state index in [2.05, 4.69) is 10.2 Å². The third kappa shape index (κ3) is 4.48. The van der Waals surface area contributed by atoms with Gasteiger partial charge in [-0.3, -0.25) is 14.8 Å². The van der Waals surface area contributed by atoms with Gasteiger partial charge in [0.1, 0.15) is 11.5 Å². The van der Waals surface area contributed by atoms with Crippen LogP contribution in [0.15, 0.2) is 54.9 Å². The van der Waals surface area contributed by atoms with Crippen LogP contribution in [0.25, 0.3) is 11.1 Å². The third-order valence-electron chi connectivity index (χ3n) is 5.79. The minimum absolute atomic E-state index is 0.0476. The highest BCUT2D eigenvalue weighted by atomic mass is 16.5. The zero-order chi connectivity index (χ0) is 23.4. The van der Waals surface area contributed by atoms with E-state index in [1.807, 2.05) is 42.5 Å². The Kier molecular flexibility index (Phi) is 6.48. The fraction of sp³-hybridized carbons (Fsp3) is 0.292. The summed E-state index contributed by atoms with van der Waals surface area (Å²) in [4.78, 5) is 29.0. The van der Waals surface area contributed by atoms with E-state index >= 15 is 0 Å². The number of nitrogens with one attached hydrogen (secondary N) is 1. The summed E-state index contributed by atoms with van der Waals surface area (Å²) >= 11 is 0. The van der Waals surface area contributed by atoms with Crippen molar-refractivity contribution in [2.45, 2.75) is 12.5 Å². The van der Waals surface area contributed by atoms with E-state index in [1.165, 1.54) is 7.11 Å². The molecule has 1 aliphatic rings. The van der Waals surface area contributed by atoms with Crippen LogP contribution in [0.4, 0.5) is 10.5 Å². The van der Waals surface area contributed by atoms with Gasteiger partial charge in [0, 0.05) is 42.2 Å². The summed E-state index contributed by atoms with van der Waals surface area (Å²) < 4.78 is 15.8. The SMILES string of the molecule is COC(=O)CC(c1cccc(OC)c1)N1CCN(c2ccc(-c3cn[nH]c3)c(OC)c2)C1=O. The maximum atomic E-state index is 13.5. The molecule has 1 unspecified atom stereocenters. The van der Waals surface area contributed by atoms with Gasteiger partial charge in [0.15, 0.2) is 0 Å². The number of hydrogen-bond donors (Lipinski definition) is 1. The van der Waals surface area contributed by atoms with E-state index in [0.29, 0.717) is 30.3 Å². The van der Waals surface area contributed by atoms with Crippen molar-refractivity contribution in [3.63, 3.8) is 0 Å². The molecule has 0 saturated carbocycles. The molecule has 1 aromatic heterocycles. The molecule has 2 aromatic carbocycles. The molecule has 9 heteroatoms. The molecule has 3 aromatic rings. The lowest BCUT2D eigenvalue weighted by Crippen LogP contribution is -2.36. The van der Waals surface area contributed by atoms with Crippen molar-refractivity contribution in [3.8, 4) is 22.6 Å². The fourth-order valence-electron chi connectivity index (χ4n) is 4.07. The van der Waals surface area contributed by atoms with Crippen molar-refractivity contribution in [2.75, 3.05) is 39.3 Å². The zero-order valence-corrected chi connectivity index (χ0v) is 18.8. The predicted molar refractivity (Wildman–Crippen MR) is 122 cm³/mol. The molecular weight excluding hydrogens is 424 g/mol. The molecule has 0 radical (unpaired) electrons. The van der Waals surface area contributed by atoms with Gasteiger partial charge >= 0.3 is 12.0 Å². The molecule has 0 bridgehead atoms. The summed E-state index contributed by atoms with van der Waals surface area (Å²) in [5.74, 6) is 0.907. The number of urea groups is 1. The van der Waals surface area contributed by atoms with E-state index in [4.69, 9.17) is 14.2 Å². The van der Waals surface area contributed by atoms with Gasteiger partial charge in [0.05, 0.1) is 40.0 Å². The molecule has 1 saturated heterocycles. The molecule has 9 nitrogen and oxygen atoms in total.